The Hall–Kier alpha value is -1.69. The molecular formula is C20H24ClNO4. The van der Waals surface area contributed by atoms with Crippen LogP contribution in [0.1, 0.15) is 36.3 Å². The van der Waals surface area contributed by atoms with E-state index in [1.807, 2.05) is 12.1 Å². The van der Waals surface area contributed by atoms with Crippen LogP contribution in [0.15, 0.2) is 12.1 Å². The lowest BCUT2D eigenvalue weighted by atomic mass is 9.71. The van der Waals surface area contributed by atoms with Gasteiger partial charge in [0, 0.05) is 16.8 Å². The van der Waals surface area contributed by atoms with Crippen LogP contribution in [0.5, 0.6) is 17.2 Å². The standard InChI is InChI=1S/C20H24ClNO4/c1-24-16-8-13-11-4-5-20(22)9-10(23)6-14(20)12(11)7-15(21)17(13)19(26-3)18(16)25-2/h7-8,10,14,23H,4-6,9,22H2,1-3H3/t10-,14+,20+/m0/s1. The molecule has 0 radical (unpaired) electrons. The topological polar surface area (TPSA) is 73.9 Å². The van der Waals surface area contributed by atoms with Crippen LogP contribution in [0.3, 0.4) is 0 Å². The number of aliphatic hydroxyl groups excluding tert-OH is 1. The van der Waals surface area contributed by atoms with Crippen molar-refractivity contribution in [1.82, 2.24) is 0 Å². The van der Waals surface area contributed by atoms with Gasteiger partial charge in [0.1, 0.15) is 0 Å². The van der Waals surface area contributed by atoms with E-state index in [2.05, 4.69) is 0 Å². The summed E-state index contributed by atoms with van der Waals surface area (Å²) in [5.41, 5.74) is 8.64. The summed E-state index contributed by atoms with van der Waals surface area (Å²) >= 11 is 6.69. The van der Waals surface area contributed by atoms with Crippen LogP contribution in [0.4, 0.5) is 0 Å². The lowest BCUT2D eigenvalue weighted by molar-refractivity contribution is 0.173. The van der Waals surface area contributed by atoms with Crippen LogP contribution in [-0.2, 0) is 6.42 Å². The molecule has 0 saturated heterocycles. The van der Waals surface area contributed by atoms with E-state index in [0.29, 0.717) is 35.1 Å². The second-order valence-electron chi connectivity index (χ2n) is 7.37. The number of nitrogens with two attached hydrogens (primary N) is 1. The van der Waals surface area contributed by atoms with Gasteiger partial charge in [0.25, 0.3) is 0 Å². The van der Waals surface area contributed by atoms with E-state index in [0.717, 1.165) is 29.2 Å². The highest BCUT2D eigenvalue weighted by molar-refractivity contribution is 6.36. The molecule has 2 aromatic rings. The van der Waals surface area contributed by atoms with E-state index in [1.54, 1.807) is 21.3 Å². The Morgan fingerprint density at radius 1 is 1.15 bits per heavy atom. The number of rotatable bonds is 3. The van der Waals surface area contributed by atoms with Crippen LogP contribution in [0.2, 0.25) is 5.02 Å². The second kappa shape index (κ2) is 6.19. The molecule has 4 rings (SSSR count). The normalized spacial score (nSPS) is 27.2. The van der Waals surface area contributed by atoms with E-state index < -0.39 is 0 Å². The monoisotopic (exact) mass is 377 g/mol. The lowest BCUT2D eigenvalue weighted by Gasteiger charge is -2.38. The molecule has 140 valence electrons. The lowest BCUT2D eigenvalue weighted by Crippen LogP contribution is -2.45. The first-order valence-electron chi connectivity index (χ1n) is 8.84. The second-order valence-corrected chi connectivity index (χ2v) is 7.78. The third-order valence-corrected chi connectivity index (χ3v) is 6.36. The Morgan fingerprint density at radius 2 is 1.88 bits per heavy atom. The van der Waals surface area contributed by atoms with Gasteiger partial charge in [-0.25, -0.2) is 0 Å². The highest BCUT2D eigenvalue weighted by Crippen LogP contribution is 2.54. The zero-order valence-corrected chi connectivity index (χ0v) is 16.0. The molecule has 0 unspecified atom stereocenters. The van der Waals surface area contributed by atoms with E-state index in [4.69, 9.17) is 31.5 Å². The Bertz CT molecular complexity index is 884. The summed E-state index contributed by atoms with van der Waals surface area (Å²) < 4.78 is 16.7. The summed E-state index contributed by atoms with van der Waals surface area (Å²) in [5, 5.41) is 12.6. The Labute approximate surface area is 158 Å². The zero-order valence-electron chi connectivity index (χ0n) is 15.3. The first-order chi connectivity index (χ1) is 12.4. The molecule has 0 bridgehead atoms. The van der Waals surface area contributed by atoms with Crippen molar-refractivity contribution in [2.45, 2.75) is 43.2 Å². The number of halogens is 1. The van der Waals surface area contributed by atoms with Gasteiger partial charge in [-0.05, 0) is 54.3 Å². The largest absolute Gasteiger partial charge is 0.493 e. The van der Waals surface area contributed by atoms with Crippen LogP contribution in [-0.4, -0.2) is 38.1 Å². The number of methoxy groups -OCH3 is 3. The van der Waals surface area contributed by atoms with Crippen molar-refractivity contribution in [3.8, 4) is 17.2 Å². The fourth-order valence-corrected chi connectivity index (χ4v) is 5.22. The van der Waals surface area contributed by atoms with Crippen molar-refractivity contribution in [3.63, 3.8) is 0 Å². The van der Waals surface area contributed by atoms with Crippen molar-refractivity contribution in [2.24, 2.45) is 5.73 Å². The summed E-state index contributed by atoms with van der Waals surface area (Å²) in [6.45, 7) is 0. The van der Waals surface area contributed by atoms with Gasteiger partial charge in [0.2, 0.25) is 5.75 Å². The highest BCUT2D eigenvalue weighted by Gasteiger charge is 2.48. The maximum Gasteiger partial charge on any atom is 0.203 e. The quantitative estimate of drug-likeness (QED) is 0.857. The van der Waals surface area contributed by atoms with E-state index in [9.17, 15) is 5.11 Å². The van der Waals surface area contributed by atoms with Crippen molar-refractivity contribution in [1.29, 1.82) is 0 Å². The minimum atomic E-state index is -0.357. The third-order valence-electron chi connectivity index (χ3n) is 6.06. The van der Waals surface area contributed by atoms with E-state index >= 15 is 0 Å². The number of hydrogen-bond acceptors (Lipinski definition) is 5. The number of aryl methyl sites for hydroxylation is 1. The Balaban J connectivity index is 2.03. The molecule has 0 spiro atoms. The van der Waals surface area contributed by atoms with Gasteiger partial charge in [-0.3, -0.25) is 0 Å². The smallest absolute Gasteiger partial charge is 0.203 e. The van der Waals surface area contributed by atoms with Gasteiger partial charge in [0.15, 0.2) is 11.5 Å². The third kappa shape index (κ3) is 2.38. The van der Waals surface area contributed by atoms with Crippen LogP contribution < -0.4 is 19.9 Å². The molecule has 1 saturated carbocycles. The Morgan fingerprint density at radius 3 is 2.54 bits per heavy atom. The predicted octanol–water partition coefficient (Wildman–Crippen LogP) is 3.40. The van der Waals surface area contributed by atoms with Gasteiger partial charge >= 0.3 is 0 Å². The minimum absolute atomic E-state index is 0.113. The highest BCUT2D eigenvalue weighted by atomic mass is 35.5. The van der Waals surface area contributed by atoms with Crippen LogP contribution in [0.25, 0.3) is 10.8 Å². The van der Waals surface area contributed by atoms with Crippen LogP contribution >= 0.6 is 11.6 Å². The molecule has 2 aliphatic carbocycles. The van der Waals surface area contributed by atoms with Gasteiger partial charge in [0.05, 0.1) is 32.5 Å². The SMILES string of the molecule is COc1cc2c3c(cc(Cl)c2c(OC)c1OC)[C@H]1C[C@H](O)C[C@]1(N)CC3. The predicted molar refractivity (Wildman–Crippen MR) is 102 cm³/mol. The molecule has 1 fully saturated rings. The molecule has 0 aromatic heterocycles. The van der Waals surface area contributed by atoms with Crippen molar-refractivity contribution in [3.05, 3.63) is 28.3 Å². The summed E-state index contributed by atoms with van der Waals surface area (Å²) in [4.78, 5) is 0. The van der Waals surface area contributed by atoms with Gasteiger partial charge in [-0.1, -0.05) is 11.6 Å². The first kappa shape index (κ1) is 17.7. The van der Waals surface area contributed by atoms with Crippen molar-refractivity contribution < 1.29 is 19.3 Å². The summed E-state index contributed by atoms with van der Waals surface area (Å²) in [5.74, 6) is 1.83. The van der Waals surface area contributed by atoms with Crippen LogP contribution in [0, 0.1) is 0 Å². The maximum atomic E-state index is 10.2. The van der Waals surface area contributed by atoms with Crippen molar-refractivity contribution >= 4 is 22.4 Å². The molecule has 6 heteroatoms. The molecule has 0 amide bonds. The summed E-state index contributed by atoms with van der Waals surface area (Å²) in [7, 11) is 4.80. The van der Waals surface area contributed by atoms with Gasteiger partial charge < -0.3 is 25.1 Å². The van der Waals surface area contributed by atoms with E-state index in [-0.39, 0.29) is 17.6 Å². The molecule has 26 heavy (non-hydrogen) atoms. The number of hydrogen-bond donors (Lipinski definition) is 2. The average molecular weight is 378 g/mol. The fourth-order valence-electron chi connectivity index (χ4n) is 4.91. The fraction of sp³-hybridized carbons (Fsp3) is 0.500. The minimum Gasteiger partial charge on any atom is -0.493 e. The molecule has 0 aliphatic heterocycles. The molecule has 3 N–H and O–H groups in total. The Kier molecular flexibility index (Phi) is 4.21. The molecule has 0 heterocycles. The van der Waals surface area contributed by atoms with E-state index in [1.165, 1.54) is 5.56 Å². The molecular weight excluding hydrogens is 354 g/mol. The molecule has 3 atom stereocenters. The maximum absolute atomic E-state index is 10.2. The first-order valence-corrected chi connectivity index (χ1v) is 9.22. The van der Waals surface area contributed by atoms with Gasteiger partial charge in [-0.15, -0.1) is 0 Å². The van der Waals surface area contributed by atoms with Crippen molar-refractivity contribution in [2.75, 3.05) is 21.3 Å². The number of ether oxygens (including phenoxy) is 3. The number of aliphatic hydroxyl groups is 1. The number of benzene rings is 2. The molecule has 2 aromatic carbocycles. The molecule has 5 nitrogen and oxygen atoms in total. The number of fused-ring (bicyclic) bond motifs is 5. The van der Waals surface area contributed by atoms with Gasteiger partial charge in [-0.2, -0.15) is 0 Å². The summed E-state index contributed by atoms with van der Waals surface area (Å²) in [6.07, 6.45) is 2.64. The summed E-state index contributed by atoms with van der Waals surface area (Å²) in [6, 6.07) is 3.97. The molecule has 2 aliphatic rings. The average Bonchev–Trinajstić information content (AvgIpc) is 2.94. The zero-order chi connectivity index (χ0) is 18.6.